The van der Waals surface area contributed by atoms with Crippen molar-refractivity contribution in [2.75, 3.05) is 33.1 Å². The average Bonchev–Trinajstić information content (AvgIpc) is 3.18. The van der Waals surface area contributed by atoms with Crippen LogP contribution in [0.15, 0.2) is 29.8 Å². The summed E-state index contributed by atoms with van der Waals surface area (Å²) in [6.07, 6.45) is 2.58. The summed E-state index contributed by atoms with van der Waals surface area (Å²) in [7, 11) is 6.85. The Labute approximate surface area is 163 Å². The Hall–Kier alpha value is -2.63. The molecule has 0 N–H and O–H groups in total. The van der Waals surface area contributed by atoms with Gasteiger partial charge in [0.2, 0.25) is 0 Å². The predicted molar refractivity (Wildman–Crippen MR) is 105 cm³/mol. The summed E-state index contributed by atoms with van der Waals surface area (Å²) >= 11 is 0.0682. The van der Waals surface area contributed by atoms with Gasteiger partial charge in [-0.3, -0.25) is 0 Å². The van der Waals surface area contributed by atoms with Crippen LogP contribution in [0.2, 0.25) is 0 Å². The molecule has 0 atom stereocenters. The molecule has 4 amide bonds. The quantitative estimate of drug-likeness (QED) is 0.355. The predicted octanol–water partition coefficient (Wildman–Crippen LogP) is 1.81. The van der Waals surface area contributed by atoms with Crippen molar-refractivity contribution in [1.82, 2.24) is 9.80 Å². The first-order chi connectivity index (χ1) is 12.8. The molecule has 0 spiro atoms. The third-order valence-corrected chi connectivity index (χ3v) is 7.28. The molecule has 1 aromatic heterocycles. The number of fused-ring (bicyclic) bond motifs is 3. The van der Waals surface area contributed by atoms with Gasteiger partial charge in [-0.2, -0.15) is 0 Å². The zero-order valence-corrected chi connectivity index (χ0v) is 17.3. The molecule has 1 fully saturated rings. The van der Waals surface area contributed by atoms with Gasteiger partial charge in [0.25, 0.3) is 0 Å². The number of barbiturate groups is 1. The van der Waals surface area contributed by atoms with Crippen molar-refractivity contribution in [2.24, 2.45) is 0 Å². The minimum absolute atomic E-state index is 0.0528. The van der Waals surface area contributed by atoms with Crippen molar-refractivity contribution in [1.29, 1.82) is 0 Å². The van der Waals surface area contributed by atoms with Crippen LogP contribution in [0.1, 0.15) is 14.4 Å². The molecule has 1 aliphatic carbocycles. The first kappa shape index (κ1) is 17.8. The molecule has 6 nitrogen and oxygen atoms in total. The third-order valence-electron chi connectivity index (χ3n) is 5.01. The number of anilines is 1. The molecule has 1 saturated heterocycles. The number of rotatable bonds is 2. The molecule has 4 rings (SSSR count). The summed E-state index contributed by atoms with van der Waals surface area (Å²) < 4.78 is 2.36. The number of imide groups is 2. The Morgan fingerprint density at radius 2 is 1.67 bits per heavy atom. The monoisotopic (exact) mass is 429 g/mol. The molecule has 27 heavy (non-hydrogen) atoms. The van der Waals surface area contributed by atoms with Crippen molar-refractivity contribution in [3.8, 4) is 11.1 Å². The molecule has 0 saturated carbocycles. The van der Waals surface area contributed by atoms with Crippen LogP contribution < -0.4 is 4.90 Å². The molecular formula is C20H19N3O3Se. The van der Waals surface area contributed by atoms with E-state index in [9.17, 15) is 14.4 Å². The van der Waals surface area contributed by atoms with Gasteiger partial charge in [0.05, 0.1) is 0 Å². The van der Waals surface area contributed by atoms with E-state index in [1.165, 1.54) is 40.9 Å². The number of nitrogens with zero attached hydrogens (tertiary/aromatic N) is 3. The molecule has 138 valence electrons. The molecule has 2 heterocycles. The first-order valence-corrected chi connectivity index (χ1v) is 10.2. The van der Waals surface area contributed by atoms with E-state index in [-0.39, 0.29) is 20.1 Å². The standard InChI is InChI=1S/C20H19N3O3Se/c1-21(2)12-5-6-14-11(7-12)8-17-15(14)9-13(27-17)10-16-18(24)22(3)20(26)23(4)19(16)25/h5-7,9-10H,8H2,1-4H3. The van der Waals surface area contributed by atoms with Gasteiger partial charge in [-0.15, -0.1) is 0 Å². The van der Waals surface area contributed by atoms with E-state index in [1.807, 2.05) is 14.1 Å². The van der Waals surface area contributed by atoms with Crippen LogP contribution in [0.3, 0.4) is 0 Å². The molecule has 7 heteroatoms. The Kier molecular flexibility index (Phi) is 4.09. The van der Waals surface area contributed by atoms with E-state index in [0.717, 1.165) is 20.7 Å². The fourth-order valence-electron chi connectivity index (χ4n) is 3.44. The number of carbonyl (C=O) groups is 3. The van der Waals surface area contributed by atoms with Crippen molar-refractivity contribution in [3.63, 3.8) is 0 Å². The number of benzene rings is 1. The second-order valence-corrected chi connectivity index (χ2v) is 9.42. The van der Waals surface area contributed by atoms with E-state index < -0.39 is 17.8 Å². The van der Waals surface area contributed by atoms with Crippen LogP contribution in [0.5, 0.6) is 0 Å². The number of urea groups is 1. The number of hydrogen-bond donors (Lipinski definition) is 0. The molecule has 2 aliphatic rings. The molecule has 0 radical (unpaired) electrons. The van der Waals surface area contributed by atoms with Crippen LogP contribution >= 0.6 is 0 Å². The Morgan fingerprint density at radius 3 is 2.30 bits per heavy atom. The summed E-state index contributed by atoms with van der Waals surface area (Å²) in [6.45, 7) is 0. The maximum atomic E-state index is 12.4. The first-order valence-electron chi connectivity index (χ1n) is 8.53. The van der Waals surface area contributed by atoms with Crippen molar-refractivity contribution in [2.45, 2.75) is 6.42 Å². The van der Waals surface area contributed by atoms with E-state index in [1.54, 1.807) is 6.08 Å². The number of carbonyl (C=O) groups excluding carboxylic acids is 3. The van der Waals surface area contributed by atoms with Gasteiger partial charge >= 0.3 is 163 Å². The zero-order chi connectivity index (χ0) is 19.5. The normalized spacial score (nSPS) is 16.0. The van der Waals surface area contributed by atoms with E-state index >= 15 is 0 Å². The fourth-order valence-corrected chi connectivity index (χ4v) is 5.84. The Morgan fingerprint density at radius 1 is 1.00 bits per heavy atom. The topological polar surface area (TPSA) is 60.9 Å². The molecular weight excluding hydrogens is 409 g/mol. The molecule has 1 aromatic carbocycles. The van der Waals surface area contributed by atoms with E-state index in [4.69, 9.17) is 0 Å². The van der Waals surface area contributed by atoms with E-state index in [2.05, 4.69) is 29.2 Å². The number of hydrogen-bond acceptors (Lipinski definition) is 4. The number of amides is 4. The van der Waals surface area contributed by atoms with Gasteiger partial charge in [0.15, 0.2) is 0 Å². The minimum atomic E-state index is -0.598. The molecule has 1 aliphatic heterocycles. The molecule has 2 aromatic rings. The van der Waals surface area contributed by atoms with Crippen LogP contribution in [0, 0.1) is 0 Å². The maximum absolute atomic E-state index is 12.4. The fraction of sp³-hybridized carbons (Fsp3) is 0.250. The average molecular weight is 428 g/mol. The van der Waals surface area contributed by atoms with Crippen molar-refractivity contribution < 1.29 is 14.4 Å². The van der Waals surface area contributed by atoms with Crippen LogP contribution in [0.25, 0.3) is 17.2 Å². The van der Waals surface area contributed by atoms with Gasteiger partial charge in [0, 0.05) is 0 Å². The Bertz CT molecular complexity index is 1010. The van der Waals surface area contributed by atoms with Crippen molar-refractivity contribution >= 4 is 44.1 Å². The van der Waals surface area contributed by atoms with Gasteiger partial charge in [0.1, 0.15) is 0 Å². The Balaban J connectivity index is 1.70. The summed E-state index contributed by atoms with van der Waals surface area (Å²) in [5.41, 5.74) is 5.01. The van der Waals surface area contributed by atoms with Crippen LogP contribution in [0.4, 0.5) is 10.5 Å². The summed E-state index contributed by atoms with van der Waals surface area (Å²) in [6, 6.07) is 7.96. The molecule has 0 unspecified atom stereocenters. The third kappa shape index (κ3) is 2.74. The second-order valence-electron chi connectivity index (χ2n) is 6.97. The van der Waals surface area contributed by atoms with Crippen LogP contribution in [-0.4, -0.2) is 70.3 Å². The summed E-state index contributed by atoms with van der Waals surface area (Å²) in [5.74, 6) is -1.08. The van der Waals surface area contributed by atoms with Gasteiger partial charge in [-0.1, -0.05) is 0 Å². The number of likely N-dealkylation sites (N-methyl/N-ethyl adjacent to an activating group) is 2. The molecule has 0 bridgehead atoms. The summed E-state index contributed by atoms with van der Waals surface area (Å²) in [5, 5.41) is 0. The van der Waals surface area contributed by atoms with Gasteiger partial charge < -0.3 is 0 Å². The van der Waals surface area contributed by atoms with Crippen LogP contribution in [-0.2, 0) is 16.0 Å². The van der Waals surface area contributed by atoms with E-state index in [0.29, 0.717) is 0 Å². The van der Waals surface area contributed by atoms with Gasteiger partial charge in [-0.25, -0.2) is 0 Å². The van der Waals surface area contributed by atoms with Crippen molar-refractivity contribution in [3.05, 3.63) is 44.3 Å². The second kappa shape index (κ2) is 6.22. The van der Waals surface area contributed by atoms with Gasteiger partial charge in [-0.05, 0) is 0 Å². The SMILES string of the molecule is CN1C(=O)C(=Cc2cc3c([se]2)Cc2cc(N(C)C)ccc2-3)C(=O)N(C)C1=O. The summed E-state index contributed by atoms with van der Waals surface area (Å²) in [4.78, 5) is 40.7. The zero-order valence-electron chi connectivity index (χ0n) is 15.6.